The minimum Gasteiger partial charge on any atom is -0.499 e. The number of amides is 1. The molecule has 0 unspecified atom stereocenters. The zero-order chi connectivity index (χ0) is 9.44. The zero-order valence-corrected chi connectivity index (χ0v) is 6.57. The molecule has 7 nitrogen and oxygen atoms in total. The van der Waals surface area contributed by atoms with Gasteiger partial charge >= 0.3 is 14.2 Å². The summed E-state index contributed by atoms with van der Waals surface area (Å²) in [7, 11) is -3.13. The predicted molar refractivity (Wildman–Crippen MR) is 33.4 cm³/mol. The highest BCUT2D eigenvalue weighted by Gasteiger charge is 2.06. The fourth-order valence-electron chi connectivity index (χ4n) is 0.0787. The lowest BCUT2D eigenvalue weighted by Gasteiger charge is -1.74. The molecule has 3 N–H and O–H groups in total. The number of rotatable bonds is 1. The summed E-state index contributed by atoms with van der Waals surface area (Å²) in [4.78, 5) is 33.9. The van der Waals surface area contributed by atoms with Crippen LogP contribution in [0.5, 0.6) is 0 Å². The maximum atomic E-state index is 9.80. The smallest absolute Gasteiger partial charge is 0.442 e. The van der Waals surface area contributed by atoms with Crippen molar-refractivity contribution in [1.29, 1.82) is 0 Å². The van der Waals surface area contributed by atoms with Crippen LogP contribution in [0.3, 0.4) is 0 Å². The Morgan fingerprint density at radius 1 is 1.45 bits per heavy atom. The quantitative estimate of drug-likeness (QED) is 0.236. The van der Waals surface area contributed by atoms with Crippen LogP contribution in [-0.4, -0.2) is 21.5 Å². The summed E-state index contributed by atoms with van der Waals surface area (Å²) < 4.78 is 8.74. The summed E-state index contributed by atoms with van der Waals surface area (Å²) in [6, 6.07) is 0. The third-order valence-electron chi connectivity index (χ3n) is 0.421. The molecule has 0 aliphatic carbocycles. The number of nitrogens with zero attached hydrogens (tertiary/aromatic N) is 1. The van der Waals surface area contributed by atoms with E-state index < -0.39 is 19.9 Å². The van der Waals surface area contributed by atoms with Crippen molar-refractivity contribution in [2.45, 2.75) is 6.92 Å². The lowest BCUT2D eigenvalue weighted by atomic mass is 10.4. The molecule has 1 amide bonds. The standard InChI is InChI=1S/C3H4N2O2.H3O3P/c1-2(6)3(7)5-4;1-4(2)3/h5H,1H3;4H,(H2,1,2,3). The van der Waals surface area contributed by atoms with Gasteiger partial charge in [0.25, 0.3) is 5.78 Å². The van der Waals surface area contributed by atoms with Crippen LogP contribution in [0, 0.1) is 0 Å². The van der Waals surface area contributed by atoms with Crippen LogP contribution in [0.2, 0.25) is 0 Å². The molecule has 0 rings (SSSR count). The first-order chi connectivity index (χ1) is 4.91. The van der Waals surface area contributed by atoms with Crippen molar-refractivity contribution in [2.24, 2.45) is 0 Å². The number of hydrogen-bond donors (Lipinski definition) is 3. The predicted octanol–water partition coefficient (Wildman–Crippen LogP) is -2.44. The first-order valence-corrected chi connectivity index (χ1v) is 3.59. The van der Waals surface area contributed by atoms with E-state index in [2.05, 4.69) is 0 Å². The molecule has 0 atom stereocenters. The second-order valence-corrected chi connectivity index (χ2v) is 1.84. The van der Waals surface area contributed by atoms with Crippen molar-refractivity contribution in [2.75, 3.05) is 0 Å². The monoisotopic (exact) mass is 182 g/mol. The molecule has 0 fully saturated rings. The molecule has 0 saturated carbocycles. The van der Waals surface area contributed by atoms with E-state index in [1.54, 1.807) is 0 Å². The van der Waals surface area contributed by atoms with Crippen molar-refractivity contribution in [3.05, 3.63) is 5.53 Å². The Morgan fingerprint density at radius 3 is 1.73 bits per heavy atom. The fraction of sp³-hybridized carbons (Fsp3) is 0.333. The Hall–Kier alpha value is -0.910. The fourth-order valence-corrected chi connectivity index (χ4v) is 0.0787. The van der Waals surface area contributed by atoms with Crippen molar-refractivity contribution in [3.8, 4) is 0 Å². The maximum Gasteiger partial charge on any atom is 0.442 e. The maximum absolute atomic E-state index is 9.80. The van der Waals surface area contributed by atoms with Gasteiger partial charge in [0.05, 0.1) is 0 Å². The lowest BCUT2D eigenvalue weighted by Crippen LogP contribution is -2.70. The van der Waals surface area contributed by atoms with Gasteiger partial charge in [0, 0.05) is 6.92 Å². The second-order valence-electron chi connectivity index (χ2n) is 1.28. The van der Waals surface area contributed by atoms with E-state index in [4.69, 9.17) is 19.9 Å². The molecule has 0 radical (unpaired) electrons. The molecule has 0 aromatic rings. The average molecular weight is 182 g/mol. The third-order valence-corrected chi connectivity index (χ3v) is 0.421. The highest BCUT2D eigenvalue weighted by molar-refractivity contribution is 7.30. The van der Waals surface area contributed by atoms with Crippen LogP contribution < -0.4 is 5.11 Å². The van der Waals surface area contributed by atoms with E-state index in [0.717, 1.165) is 6.92 Å². The number of carbonyl (C=O) groups excluding carboxylic acids is 2. The van der Waals surface area contributed by atoms with Crippen LogP contribution in [0.25, 0.3) is 5.53 Å². The van der Waals surface area contributed by atoms with Gasteiger partial charge < -0.3 is 15.3 Å². The molecule has 8 heteroatoms. The molecular weight excluding hydrogens is 175 g/mol. The zero-order valence-electron chi connectivity index (χ0n) is 5.57. The summed E-state index contributed by atoms with van der Waals surface area (Å²) in [5, 5.41) is 1.18. The van der Waals surface area contributed by atoms with Crippen LogP contribution in [-0.2, 0) is 14.2 Å². The van der Waals surface area contributed by atoms with Crippen molar-refractivity contribution in [1.82, 2.24) is 0 Å². The van der Waals surface area contributed by atoms with Gasteiger partial charge in [-0.2, -0.15) is 0 Å². The molecule has 0 saturated heterocycles. The summed E-state index contributed by atoms with van der Waals surface area (Å²) in [5.41, 5.74) is 7.68. The summed E-state index contributed by atoms with van der Waals surface area (Å²) in [6.07, 6.45) is 0. The number of nitrogens with one attached hydrogen (secondary N) is 1. The highest BCUT2D eigenvalue weighted by atomic mass is 31.1. The summed E-state index contributed by atoms with van der Waals surface area (Å²) in [5.74, 6) is -1.69. The van der Waals surface area contributed by atoms with Gasteiger partial charge in [-0.25, -0.2) is 4.79 Å². The largest absolute Gasteiger partial charge is 0.499 e. The van der Waals surface area contributed by atoms with Gasteiger partial charge in [-0.1, -0.05) is 0 Å². The molecule has 0 aromatic heterocycles. The minimum atomic E-state index is -3.13. The SMILES string of the molecule is CC(=O)C(=O)[NH+]=[N-].O=[PH](O)O. The van der Waals surface area contributed by atoms with E-state index in [-0.39, 0.29) is 0 Å². The van der Waals surface area contributed by atoms with Crippen molar-refractivity contribution in [3.63, 3.8) is 0 Å². The van der Waals surface area contributed by atoms with E-state index >= 15 is 0 Å². The average Bonchev–Trinajstić information content (AvgIpc) is 1.85. The van der Waals surface area contributed by atoms with Gasteiger partial charge in [0.15, 0.2) is 0 Å². The lowest BCUT2D eigenvalue weighted by molar-refractivity contribution is -0.392. The normalized spacial score (nSPS) is 8.00. The first kappa shape index (κ1) is 12.7. The van der Waals surface area contributed by atoms with Crippen LogP contribution in [0.4, 0.5) is 0 Å². The molecule has 0 aliphatic rings. The minimum absolute atomic E-state index is 0.706. The molecule has 0 aliphatic heterocycles. The summed E-state index contributed by atoms with van der Waals surface area (Å²) in [6.45, 7) is 1.06. The van der Waals surface area contributed by atoms with Gasteiger partial charge in [0.2, 0.25) is 0 Å². The Kier molecular flexibility index (Phi) is 8.34. The van der Waals surface area contributed by atoms with Crippen LogP contribution in [0.15, 0.2) is 0 Å². The molecule has 0 heterocycles. The first-order valence-electron chi connectivity index (χ1n) is 2.28. The molecule has 0 aromatic carbocycles. The molecule has 64 valence electrons. The number of ketones is 1. The Bertz CT molecular complexity index is 186. The van der Waals surface area contributed by atoms with E-state index in [1.165, 1.54) is 5.11 Å². The summed E-state index contributed by atoms with van der Waals surface area (Å²) >= 11 is 0. The Morgan fingerprint density at radius 2 is 1.73 bits per heavy atom. The van der Waals surface area contributed by atoms with Gasteiger partial charge in [-0.3, -0.25) is 14.5 Å². The second kappa shape index (κ2) is 7.20. The van der Waals surface area contributed by atoms with Gasteiger partial charge in [-0.05, 0) is 0 Å². The van der Waals surface area contributed by atoms with Crippen LogP contribution in [0.1, 0.15) is 6.92 Å². The van der Waals surface area contributed by atoms with Crippen molar-refractivity contribution < 1.29 is 29.1 Å². The number of Topliss-reactive ketones (excluding diaryl/α,β-unsaturated/α-hetero) is 1. The van der Waals surface area contributed by atoms with Crippen molar-refractivity contribution >= 4 is 19.9 Å². The van der Waals surface area contributed by atoms with Crippen LogP contribution >= 0.6 is 8.25 Å². The number of carbonyl (C=O) groups is 2. The Balaban J connectivity index is 0. The van der Waals surface area contributed by atoms with E-state index in [9.17, 15) is 9.59 Å². The number of hydrogen-bond acceptors (Lipinski definition) is 3. The van der Waals surface area contributed by atoms with Gasteiger partial charge in [-0.15, -0.1) is 0 Å². The molecule has 0 bridgehead atoms. The van der Waals surface area contributed by atoms with E-state index in [1.807, 2.05) is 0 Å². The third kappa shape index (κ3) is 17.6. The highest BCUT2D eigenvalue weighted by Crippen LogP contribution is 1.98. The topological polar surface area (TPSA) is 128 Å². The molecule has 0 spiro atoms. The molecule has 11 heavy (non-hydrogen) atoms. The Labute approximate surface area is 62.5 Å². The molecular formula is C3H7N2O5P. The van der Waals surface area contributed by atoms with Gasteiger partial charge in [0.1, 0.15) is 0 Å². The van der Waals surface area contributed by atoms with E-state index in [0.29, 0.717) is 0 Å².